The Bertz CT molecular complexity index is 184. The fourth-order valence-corrected chi connectivity index (χ4v) is 2.34. The zero-order chi connectivity index (χ0) is 11.8. The van der Waals surface area contributed by atoms with Gasteiger partial charge in [-0.05, 0) is 37.0 Å². The fraction of sp³-hybridized carbons (Fsp3) is 0.867. The molecule has 0 spiro atoms. The Kier molecular flexibility index (Phi) is 6.79. The van der Waals surface area contributed by atoms with Crippen LogP contribution in [0.5, 0.6) is 0 Å². The van der Waals surface area contributed by atoms with Crippen molar-refractivity contribution in [3.8, 4) is 0 Å². The van der Waals surface area contributed by atoms with Crippen LogP contribution in [0, 0.1) is 17.8 Å². The Labute approximate surface area is 101 Å². The predicted molar refractivity (Wildman–Crippen MR) is 70.5 cm³/mol. The molecule has 1 nitrogen and oxygen atoms in total. The minimum absolute atomic E-state index is 0.624. The highest BCUT2D eigenvalue weighted by Gasteiger charge is 2.19. The molecule has 0 aliphatic heterocycles. The quantitative estimate of drug-likeness (QED) is 0.416. The van der Waals surface area contributed by atoms with Crippen LogP contribution in [-0.4, -0.2) is 13.2 Å². The summed E-state index contributed by atoms with van der Waals surface area (Å²) in [7, 11) is 0. The molecule has 2 atom stereocenters. The smallest absolute Gasteiger partial charge is 0.0494 e. The molecule has 0 radical (unpaired) electrons. The highest BCUT2D eigenvalue weighted by Crippen LogP contribution is 2.32. The van der Waals surface area contributed by atoms with Crippen molar-refractivity contribution in [1.82, 2.24) is 0 Å². The summed E-state index contributed by atoms with van der Waals surface area (Å²) in [5.74, 6) is 2.51. The molecule has 0 saturated heterocycles. The van der Waals surface area contributed by atoms with Gasteiger partial charge in [0, 0.05) is 13.2 Å². The van der Waals surface area contributed by atoms with E-state index in [1.165, 1.54) is 32.1 Å². The van der Waals surface area contributed by atoms with Gasteiger partial charge >= 0.3 is 0 Å². The Morgan fingerprint density at radius 1 is 1.31 bits per heavy atom. The van der Waals surface area contributed by atoms with Gasteiger partial charge in [0.25, 0.3) is 0 Å². The lowest BCUT2D eigenvalue weighted by Gasteiger charge is -2.28. The number of hydrogen-bond acceptors (Lipinski definition) is 1. The largest absolute Gasteiger partial charge is 0.381 e. The van der Waals surface area contributed by atoms with Crippen LogP contribution in [0.2, 0.25) is 0 Å². The first-order valence-electron chi connectivity index (χ1n) is 6.91. The Morgan fingerprint density at radius 2 is 2.06 bits per heavy atom. The zero-order valence-electron chi connectivity index (χ0n) is 11.1. The van der Waals surface area contributed by atoms with Crippen molar-refractivity contribution in [1.29, 1.82) is 0 Å². The van der Waals surface area contributed by atoms with Crippen molar-refractivity contribution in [2.45, 2.75) is 52.4 Å². The molecule has 1 fully saturated rings. The summed E-state index contributed by atoms with van der Waals surface area (Å²) in [6.45, 7) is 10.2. The fourth-order valence-electron chi connectivity index (χ4n) is 2.34. The van der Waals surface area contributed by atoms with Crippen LogP contribution in [0.15, 0.2) is 12.7 Å². The van der Waals surface area contributed by atoms with E-state index in [-0.39, 0.29) is 0 Å². The molecule has 2 unspecified atom stereocenters. The lowest BCUT2D eigenvalue weighted by Crippen LogP contribution is -2.16. The van der Waals surface area contributed by atoms with Gasteiger partial charge < -0.3 is 4.74 Å². The average Bonchev–Trinajstić information content (AvgIpc) is 2.19. The second kappa shape index (κ2) is 7.89. The zero-order valence-corrected chi connectivity index (χ0v) is 11.1. The number of hydrogen-bond donors (Lipinski definition) is 0. The summed E-state index contributed by atoms with van der Waals surface area (Å²) in [5, 5.41) is 0. The van der Waals surface area contributed by atoms with Crippen LogP contribution in [0.3, 0.4) is 0 Å². The molecule has 1 rings (SSSR count). The maximum atomic E-state index is 5.70. The third-order valence-electron chi connectivity index (χ3n) is 3.69. The minimum Gasteiger partial charge on any atom is -0.381 e. The Balaban J connectivity index is 1.91. The van der Waals surface area contributed by atoms with Gasteiger partial charge in [0.05, 0.1) is 0 Å². The normalized spacial score (nSPS) is 20.1. The van der Waals surface area contributed by atoms with Crippen LogP contribution in [0.25, 0.3) is 0 Å². The lowest BCUT2D eigenvalue weighted by atomic mass is 9.79. The molecule has 0 aromatic heterocycles. The van der Waals surface area contributed by atoms with Crippen molar-refractivity contribution in [2.75, 3.05) is 13.2 Å². The second-order valence-electron chi connectivity index (χ2n) is 5.63. The molecule has 0 aromatic carbocycles. The minimum atomic E-state index is 0.624. The van der Waals surface area contributed by atoms with Gasteiger partial charge in [-0.2, -0.15) is 0 Å². The van der Waals surface area contributed by atoms with E-state index >= 15 is 0 Å². The van der Waals surface area contributed by atoms with E-state index in [2.05, 4.69) is 20.4 Å². The Morgan fingerprint density at radius 3 is 2.62 bits per heavy atom. The van der Waals surface area contributed by atoms with Gasteiger partial charge in [0.15, 0.2) is 0 Å². The van der Waals surface area contributed by atoms with Crippen LogP contribution in [-0.2, 0) is 4.74 Å². The molecule has 1 aliphatic carbocycles. The SMILES string of the molecule is C=CCC(C)COCCC(C)CC1CCC1. The average molecular weight is 224 g/mol. The number of ether oxygens (including phenoxy) is 1. The molecule has 0 amide bonds. The molecular weight excluding hydrogens is 196 g/mol. The summed E-state index contributed by atoms with van der Waals surface area (Å²) in [6.07, 6.45) is 10.1. The van der Waals surface area contributed by atoms with Crippen molar-refractivity contribution in [3.63, 3.8) is 0 Å². The van der Waals surface area contributed by atoms with Crippen LogP contribution < -0.4 is 0 Å². The summed E-state index contributed by atoms with van der Waals surface area (Å²) in [4.78, 5) is 0. The number of rotatable bonds is 9. The molecule has 94 valence electrons. The molecular formula is C15H28O. The third kappa shape index (κ3) is 5.69. The predicted octanol–water partition coefficient (Wildman–Crippen LogP) is 4.43. The highest BCUT2D eigenvalue weighted by molar-refractivity contribution is 4.72. The summed E-state index contributed by atoms with van der Waals surface area (Å²) < 4.78 is 5.70. The molecule has 0 aromatic rings. The van der Waals surface area contributed by atoms with Crippen molar-refractivity contribution >= 4 is 0 Å². The summed E-state index contributed by atoms with van der Waals surface area (Å²) >= 11 is 0. The van der Waals surface area contributed by atoms with Crippen LogP contribution in [0.1, 0.15) is 52.4 Å². The van der Waals surface area contributed by atoms with Crippen LogP contribution in [0.4, 0.5) is 0 Å². The van der Waals surface area contributed by atoms with E-state index in [1.54, 1.807) is 0 Å². The first-order chi connectivity index (χ1) is 7.72. The van der Waals surface area contributed by atoms with E-state index in [9.17, 15) is 0 Å². The first-order valence-corrected chi connectivity index (χ1v) is 6.91. The van der Waals surface area contributed by atoms with E-state index in [0.717, 1.165) is 31.5 Å². The van der Waals surface area contributed by atoms with E-state index < -0.39 is 0 Å². The Hall–Kier alpha value is -0.300. The molecule has 1 heteroatoms. The van der Waals surface area contributed by atoms with Gasteiger partial charge in [0.2, 0.25) is 0 Å². The van der Waals surface area contributed by atoms with Crippen molar-refractivity contribution < 1.29 is 4.74 Å². The molecule has 0 N–H and O–H groups in total. The topological polar surface area (TPSA) is 9.23 Å². The van der Waals surface area contributed by atoms with Gasteiger partial charge in [-0.25, -0.2) is 0 Å². The van der Waals surface area contributed by atoms with Gasteiger partial charge in [-0.3, -0.25) is 0 Å². The third-order valence-corrected chi connectivity index (χ3v) is 3.69. The maximum absolute atomic E-state index is 5.70. The monoisotopic (exact) mass is 224 g/mol. The highest BCUT2D eigenvalue weighted by atomic mass is 16.5. The number of allylic oxidation sites excluding steroid dienone is 1. The second-order valence-corrected chi connectivity index (χ2v) is 5.63. The van der Waals surface area contributed by atoms with Gasteiger partial charge in [-0.1, -0.05) is 39.2 Å². The van der Waals surface area contributed by atoms with E-state index in [0.29, 0.717) is 5.92 Å². The van der Waals surface area contributed by atoms with E-state index in [1.807, 2.05) is 6.08 Å². The summed E-state index contributed by atoms with van der Waals surface area (Å²) in [6, 6.07) is 0. The molecule has 0 heterocycles. The maximum Gasteiger partial charge on any atom is 0.0494 e. The lowest BCUT2D eigenvalue weighted by molar-refractivity contribution is 0.0906. The van der Waals surface area contributed by atoms with Crippen molar-refractivity contribution in [2.24, 2.45) is 17.8 Å². The molecule has 0 bridgehead atoms. The first kappa shape index (κ1) is 13.8. The molecule has 16 heavy (non-hydrogen) atoms. The van der Waals surface area contributed by atoms with E-state index in [4.69, 9.17) is 4.74 Å². The summed E-state index contributed by atoms with van der Waals surface area (Å²) in [5.41, 5.74) is 0. The molecule has 1 saturated carbocycles. The molecule has 1 aliphatic rings. The van der Waals surface area contributed by atoms with Crippen molar-refractivity contribution in [3.05, 3.63) is 12.7 Å². The van der Waals surface area contributed by atoms with Crippen LogP contribution >= 0.6 is 0 Å². The van der Waals surface area contributed by atoms with Gasteiger partial charge in [-0.15, -0.1) is 6.58 Å². The van der Waals surface area contributed by atoms with Gasteiger partial charge in [0.1, 0.15) is 0 Å². The standard InChI is InChI=1S/C15H28O/c1-4-6-14(3)12-16-10-9-13(2)11-15-7-5-8-15/h4,13-15H,1,5-12H2,2-3H3.